The van der Waals surface area contributed by atoms with Crippen molar-refractivity contribution in [3.8, 4) is 0 Å². The maximum atomic E-state index is 13.9. The predicted octanol–water partition coefficient (Wildman–Crippen LogP) is 3.19. The van der Waals surface area contributed by atoms with Crippen LogP contribution in [-0.4, -0.2) is 18.6 Å². The Morgan fingerprint density at radius 3 is 2.63 bits per heavy atom. The summed E-state index contributed by atoms with van der Waals surface area (Å²) >= 11 is 0. The van der Waals surface area contributed by atoms with Crippen LogP contribution in [0.15, 0.2) is 12.1 Å². The van der Waals surface area contributed by atoms with Crippen molar-refractivity contribution in [1.82, 2.24) is 0 Å². The molecule has 106 valence electrons. The van der Waals surface area contributed by atoms with Gasteiger partial charge in [0.25, 0.3) is 0 Å². The van der Waals surface area contributed by atoms with Crippen molar-refractivity contribution in [3.05, 3.63) is 23.5 Å². The zero-order valence-electron chi connectivity index (χ0n) is 11.8. The molecule has 19 heavy (non-hydrogen) atoms. The second-order valence-corrected chi connectivity index (χ2v) is 5.17. The molecule has 1 aromatic carbocycles. The number of hydrogen-bond donors (Lipinski definition) is 2. The molecule has 0 heterocycles. The number of hydrogen-bond acceptors (Lipinski definition) is 4. The van der Waals surface area contributed by atoms with Gasteiger partial charge in [0, 0.05) is 11.2 Å². The van der Waals surface area contributed by atoms with Crippen molar-refractivity contribution in [1.29, 1.82) is 0 Å². The topological polar surface area (TPSA) is 64.3 Å². The number of halogens is 1. The van der Waals surface area contributed by atoms with Crippen LogP contribution < -0.4 is 11.1 Å². The summed E-state index contributed by atoms with van der Waals surface area (Å²) < 4.78 is 18.5. The number of ether oxygens (including phenoxy) is 1. The number of benzene rings is 1. The van der Waals surface area contributed by atoms with E-state index in [0.717, 1.165) is 18.9 Å². The standard InChI is InChI=1S/C14H21FN2O2/c1-5-6-14(2,3)17-12-7-9(13(18)19-4)11(16)8-10(12)15/h7-8,17H,5-6,16H2,1-4H3. The molecule has 0 amide bonds. The highest BCUT2D eigenvalue weighted by Crippen LogP contribution is 2.27. The SMILES string of the molecule is CCCC(C)(C)Nc1cc(C(=O)OC)c(N)cc1F. The Morgan fingerprint density at radius 1 is 1.47 bits per heavy atom. The molecule has 5 heteroatoms. The van der Waals surface area contributed by atoms with Crippen molar-refractivity contribution < 1.29 is 13.9 Å². The van der Waals surface area contributed by atoms with Gasteiger partial charge in [-0.1, -0.05) is 13.3 Å². The summed E-state index contributed by atoms with van der Waals surface area (Å²) in [7, 11) is 1.26. The molecule has 4 nitrogen and oxygen atoms in total. The molecule has 0 aliphatic heterocycles. The van der Waals surface area contributed by atoms with E-state index in [-0.39, 0.29) is 22.5 Å². The Bertz CT molecular complexity index is 473. The lowest BCUT2D eigenvalue weighted by atomic mass is 9.98. The van der Waals surface area contributed by atoms with Crippen LogP contribution in [0.1, 0.15) is 44.0 Å². The van der Waals surface area contributed by atoms with Crippen LogP contribution in [0.5, 0.6) is 0 Å². The minimum atomic E-state index is -0.575. The second kappa shape index (κ2) is 5.91. The average Bonchev–Trinajstić information content (AvgIpc) is 2.31. The van der Waals surface area contributed by atoms with Crippen LogP contribution >= 0.6 is 0 Å². The number of nitrogens with two attached hydrogens (primary N) is 1. The van der Waals surface area contributed by atoms with Crippen molar-refractivity contribution in [2.75, 3.05) is 18.2 Å². The predicted molar refractivity (Wildman–Crippen MR) is 74.8 cm³/mol. The fraction of sp³-hybridized carbons (Fsp3) is 0.500. The summed E-state index contributed by atoms with van der Waals surface area (Å²) in [6.07, 6.45) is 1.85. The molecular formula is C14H21FN2O2. The van der Waals surface area contributed by atoms with E-state index >= 15 is 0 Å². The molecule has 0 bridgehead atoms. The Hall–Kier alpha value is -1.78. The molecule has 0 spiro atoms. The van der Waals surface area contributed by atoms with Crippen molar-refractivity contribution >= 4 is 17.3 Å². The molecule has 0 fully saturated rings. The van der Waals surface area contributed by atoms with Gasteiger partial charge in [0.1, 0.15) is 5.82 Å². The van der Waals surface area contributed by atoms with E-state index in [1.807, 2.05) is 13.8 Å². The van der Waals surface area contributed by atoms with Gasteiger partial charge in [0.05, 0.1) is 18.4 Å². The van der Waals surface area contributed by atoms with Gasteiger partial charge < -0.3 is 15.8 Å². The minimum Gasteiger partial charge on any atom is -0.465 e. The van der Waals surface area contributed by atoms with Gasteiger partial charge >= 0.3 is 5.97 Å². The highest BCUT2D eigenvalue weighted by molar-refractivity contribution is 5.96. The fourth-order valence-electron chi connectivity index (χ4n) is 2.02. The molecular weight excluding hydrogens is 247 g/mol. The molecule has 0 aliphatic carbocycles. The third-order valence-corrected chi connectivity index (χ3v) is 2.89. The maximum absolute atomic E-state index is 13.9. The number of anilines is 2. The quantitative estimate of drug-likeness (QED) is 0.636. The molecule has 0 unspecified atom stereocenters. The first-order chi connectivity index (χ1) is 8.80. The Labute approximate surface area is 113 Å². The van der Waals surface area contributed by atoms with Gasteiger partial charge in [0.2, 0.25) is 0 Å². The van der Waals surface area contributed by atoms with Gasteiger partial charge in [-0.15, -0.1) is 0 Å². The number of esters is 1. The number of nitrogens with one attached hydrogen (secondary N) is 1. The van der Waals surface area contributed by atoms with E-state index in [0.29, 0.717) is 0 Å². The van der Waals surface area contributed by atoms with E-state index in [1.165, 1.54) is 13.2 Å². The van der Waals surface area contributed by atoms with Gasteiger partial charge in [-0.2, -0.15) is 0 Å². The molecule has 0 saturated heterocycles. The molecule has 0 atom stereocenters. The van der Waals surface area contributed by atoms with E-state index in [1.54, 1.807) is 0 Å². The Morgan fingerprint density at radius 2 is 2.11 bits per heavy atom. The Balaban J connectivity index is 3.11. The molecule has 0 saturated carbocycles. The number of carbonyl (C=O) groups is 1. The third-order valence-electron chi connectivity index (χ3n) is 2.89. The van der Waals surface area contributed by atoms with Crippen molar-refractivity contribution in [2.45, 2.75) is 39.2 Å². The molecule has 0 aliphatic rings. The molecule has 0 aromatic heterocycles. The summed E-state index contributed by atoms with van der Waals surface area (Å²) in [6, 6.07) is 2.53. The lowest BCUT2D eigenvalue weighted by Gasteiger charge is -2.27. The first-order valence-corrected chi connectivity index (χ1v) is 6.26. The summed E-state index contributed by atoms with van der Waals surface area (Å²) in [6.45, 7) is 6.01. The summed E-state index contributed by atoms with van der Waals surface area (Å²) in [5, 5.41) is 3.10. The van der Waals surface area contributed by atoms with Gasteiger partial charge in [-0.05, 0) is 32.4 Å². The number of rotatable bonds is 5. The average molecular weight is 268 g/mol. The van der Waals surface area contributed by atoms with Crippen LogP contribution in [0.2, 0.25) is 0 Å². The molecule has 0 radical (unpaired) electrons. The monoisotopic (exact) mass is 268 g/mol. The lowest BCUT2D eigenvalue weighted by molar-refractivity contribution is 0.0602. The minimum absolute atomic E-state index is 0.0724. The zero-order chi connectivity index (χ0) is 14.6. The first-order valence-electron chi connectivity index (χ1n) is 6.26. The van der Waals surface area contributed by atoms with Gasteiger partial charge in [0.15, 0.2) is 0 Å². The highest BCUT2D eigenvalue weighted by Gasteiger charge is 2.20. The van der Waals surface area contributed by atoms with Crippen LogP contribution in [0, 0.1) is 5.82 Å². The molecule has 1 rings (SSSR count). The zero-order valence-corrected chi connectivity index (χ0v) is 11.8. The Kier molecular flexibility index (Phi) is 4.75. The van der Waals surface area contributed by atoms with Gasteiger partial charge in [-0.25, -0.2) is 9.18 Å². The summed E-state index contributed by atoms with van der Waals surface area (Å²) in [5.41, 5.74) is 5.85. The lowest BCUT2D eigenvalue weighted by Crippen LogP contribution is -2.31. The fourth-order valence-corrected chi connectivity index (χ4v) is 2.02. The highest BCUT2D eigenvalue weighted by atomic mass is 19.1. The largest absolute Gasteiger partial charge is 0.465 e. The number of nitrogen functional groups attached to an aromatic ring is 1. The number of carbonyl (C=O) groups excluding carboxylic acids is 1. The first kappa shape index (κ1) is 15.3. The smallest absolute Gasteiger partial charge is 0.340 e. The molecule has 3 N–H and O–H groups in total. The van der Waals surface area contributed by atoms with Crippen LogP contribution in [0.25, 0.3) is 0 Å². The van der Waals surface area contributed by atoms with E-state index < -0.39 is 11.8 Å². The van der Waals surface area contributed by atoms with Crippen LogP contribution in [0.3, 0.4) is 0 Å². The second-order valence-electron chi connectivity index (χ2n) is 5.17. The van der Waals surface area contributed by atoms with Crippen molar-refractivity contribution in [2.24, 2.45) is 0 Å². The summed E-state index contributed by atoms with van der Waals surface area (Å²) in [5.74, 6) is -1.05. The third kappa shape index (κ3) is 3.84. The summed E-state index contributed by atoms with van der Waals surface area (Å²) in [4.78, 5) is 11.5. The normalized spacial score (nSPS) is 11.2. The van der Waals surface area contributed by atoms with Crippen molar-refractivity contribution in [3.63, 3.8) is 0 Å². The maximum Gasteiger partial charge on any atom is 0.340 e. The van der Waals surface area contributed by atoms with Crippen LogP contribution in [-0.2, 0) is 4.74 Å². The number of methoxy groups -OCH3 is 1. The van der Waals surface area contributed by atoms with Crippen LogP contribution in [0.4, 0.5) is 15.8 Å². The molecule has 1 aromatic rings. The van der Waals surface area contributed by atoms with E-state index in [2.05, 4.69) is 17.0 Å². The van der Waals surface area contributed by atoms with Gasteiger partial charge in [-0.3, -0.25) is 0 Å². The van der Waals surface area contributed by atoms with E-state index in [9.17, 15) is 9.18 Å². The van der Waals surface area contributed by atoms with E-state index in [4.69, 9.17) is 5.73 Å².